The SMILES string of the molecule is CC(C)(C)C(NCc1nc(-c2ccc(C(F)(F)F)cc2)no1)c1ccc(F)cc1. The number of aromatic nitrogens is 2. The third-order valence-corrected chi connectivity index (χ3v) is 4.47. The first kappa shape index (κ1) is 21.0. The number of benzene rings is 2. The number of rotatable bonds is 5. The average Bonchev–Trinajstić information content (AvgIpc) is 3.11. The lowest BCUT2D eigenvalue weighted by Crippen LogP contribution is -2.32. The third kappa shape index (κ3) is 5.20. The average molecular weight is 407 g/mol. The summed E-state index contributed by atoms with van der Waals surface area (Å²) >= 11 is 0. The summed E-state index contributed by atoms with van der Waals surface area (Å²) in [4.78, 5) is 4.25. The molecule has 0 amide bonds. The topological polar surface area (TPSA) is 51.0 Å². The van der Waals surface area contributed by atoms with E-state index in [0.717, 1.165) is 17.7 Å². The molecule has 0 saturated heterocycles. The quantitative estimate of drug-likeness (QED) is 0.546. The van der Waals surface area contributed by atoms with Crippen molar-refractivity contribution >= 4 is 0 Å². The van der Waals surface area contributed by atoms with Gasteiger partial charge in [0.05, 0.1) is 12.1 Å². The molecule has 154 valence electrons. The van der Waals surface area contributed by atoms with Crippen molar-refractivity contribution in [2.45, 2.75) is 39.5 Å². The molecule has 29 heavy (non-hydrogen) atoms. The van der Waals surface area contributed by atoms with Gasteiger partial charge in [-0.1, -0.05) is 50.2 Å². The van der Waals surface area contributed by atoms with Gasteiger partial charge in [0.15, 0.2) is 0 Å². The van der Waals surface area contributed by atoms with Crippen LogP contribution in [0.2, 0.25) is 0 Å². The van der Waals surface area contributed by atoms with E-state index in [1.807, 2.05) is 0 Å². The molecule has 0 aliphatic heterocycles. The summed E-state index contributed by atoms with van der Waals surface area (Å²) in [5.74, 6) is 0.209. The number of hydrogen-bond donors (Lipinski definition) is 1. The van der Waals surface area contributed by atoms with Crippen molar-refractivity contribution in [3.05, 3.63) is 71.4 Å². The summed E-state index contributed by atoms with van der Waals surface area (Å²) in [5.41, 5.74) is 0.438. The summed E-state index contributed by atoms with van der Waals surface area (Å²) in [6.07, 6.45) is -4.40. The van der Waals surface area contributed by atoms with Crippen LogP contribution in [0.3, 0.4) is 0 Å². The van der Waals surface area contributed by atoms with E-state index in [4.69, 9.17) is 4.52 Å². The van der Waals surface area contributed by atoms with E-state index in [9.17, 15) is 17.6 Å². The Kier molecular flexibility index (Phi) is 5.75. The largest absolute Gasteiger partial charge is 0.416 e. The highest BCUT2D eigenvalue weighted by molar-refractivity contribution is 5.54. The zero-order valence-electron chi connectivity index (χ0n) is 16.2. The number of halogens is 4. The number of nitrogens with one attached hydrogen (secondary N) is 1. The predicted molar refractivity (Wildman–Crippen MR) is 100 cm³/mol. The van der Waals surface area contributed by atoms with Gasteiger partial charge in [-0.15, -0.1) is 0 Å². The van der Waals surface area contributed by atoms with Crippen LogP contribution < -0.4 is 5.32 Å². The molecule has 4 nitrogen and oxygen atoms in total. The summed E-state index contributed by atoms with van der Waals surface area (Å²) in [7, 11) is 0. The van der Waals surface area contributed by atoms with Gasteiger partial charge in [-0.05, 0) is 35.2 Å². The lowest BCUT2D eigenvalue weighted by molar-refractivity contribution is -0.137. The second kappa shape index (κ2) is 7.94. The summed E-state index contributed by atoms with van der Waals surface area (Å²) in [5, 5.41) is 7.18. The van der Waals surface area contributed by atoms with Crippen molar-refractivity contribution in [3.8, 4) is 11.4 Å². The maximum Gasteiger partial charge on any atom is 0.416 e. The van der Waals surface area contributed by atoms with Crippen molar-refractivity contribution in [1.82, 2.24) is 15.5 Å². The van der Waals surface area contributed by atoms with Crippen LogP contribution >= 0.6 is 0 Å². The van der Waals surface area contributed by atoms with Crippen molar-refractivity contribution in [2.24, 2.45) is 5.41 Å². The molecule has 3 aromatic rings. The predicted octanol–water partition coefficient (Wildman–Crippen LogP) is 5.77. The first-order valence-corrected chi connectivity index (χ1v) is 9.03. The molecule has 0 bridgehead atoms. The van der Waals surface area contributed by atoms with Crippen molar-refractivity contribution < 1.29 is 22.1 Å². The van der Waals surface area contributed by atoms with E-state index in [0.29, 0.717) is 11.5 Å². The van der Waals surface area contributed by atoms with Crippen molar-refractivity contribution in [1.29, 1.82) is 0 Å². The maximum atomic E-state index is 13.2. The minimum Gasteiger partial charge on any atom is -0.338 e. The van der Waals surface area contributed by atoms with Gasteiger partial charge < -0.3 is 9.84 Å². The minimum absolute atomic E-state index is 0.107. The van der Waals surface area contributed by atoms with Gasteiger partial charge in [-0.25, -0.2) is 4.39 Å². The standard InChI is InChI=1S/C21H21F4N3O/c1-20(2,3)18(13-6-10-16(22)11-7-13)26-12-17-27-19(28-29-17)14-4-8-15(9-5-14)21(23,24)25/h4-11,18,26H,12H2,1-3H3. The van der Waals surface area contributed by atoms with Crippen LogP contribution in [0.5, 0.6) is 0 Å². The third-order valence-electron chi connectivity index (χ3n) is 4.47. The van der Waals surface area contributed by atoms with E-state index in [1.54, 1.807) is 12.1 Å². The highest BCUT2D eigenvalue weighted by Crippen LogP contribution is 2.33. The van der Waals surface area contributed by atoms with Crippen LogP contribution in [0.25, 0.3) is 11.4 Å². The van der Waals surface area contributed by atoms with E-state index >= 15 is 0 Å². The molecule has 1 N–H and O–H groups in total. The molecule has 0 aliphatic carbocycles. The van der Waals surface area contributed by atoms with E-state index in [1.165, 1.54) is 24.3 Å². The summed E-state index contributed by atoms with van der Waals surface area (Å²) < 4.78 is 56.5. The molecular weight excluding hydrogens is 386 g/mol. The van der Waals surface area contributed by atoms with Gasteiger partial charge in [0.25, 0.3) is 0 Å². The molecular formula is C21H21F4N3O. The van der Waals surface area contributed by atoms with Gasteiger partial charge in [0.1, 0.15) is 5.82 Å². The number of nitrogens with zero attached hydrogens (tertiary/aromatic N) is 2. The molecule has 0 aliphatic rings. The molecule has 0 saturated carbocycles. The highest BCUT2D eigenvalue weighted by atomic mass is 19.4. The molecule has 0 fully saturated rings. The van der Waals surface area contributed by atoms with Crippen molar-refractivity contribution in [2.75, 3.05) is 0 Å². The lowest BCUT2D eigenvalue weighted by atomic mass is 9.82. The Morgan fingerprint density at radius 1 is 0.966 bits per heavy atom. The Morgan fingerprint density at radius 3 is 2.14 bits per heavy atom. The molecule has 0 radical (unpaired) electrons. The fraction of sp³-hybridized carbons (Fsp3) is 0.333. The molecule has 1 heterocycles. The highest BCUT2D eigenvalue weighted by Gasteiger charge is 2.30. The van der Waals surface area contributed by atoms with Gasteiger partial charge in [0, 0.05) is 11.6 Å². The zero-order valence-corrected chi connectivity index (χ0v) is 16.2. The van der Waals surface area contributed by atoms with Crippen LogP contribution in [0, 0.1) is 11.2 Å². The van der Waals surface area contributed by atoms with Crippen LogP contribution in [0.15, 0.2) is 53.1 Å². The monoisotopic (exact) mass is 407 g/mol. The van der Waals surface area contributed by atoms with Gasteiger partial charge in [-0.3, -0.25) is 0 Å². The van der Waals surface area contributed by atoms with E-state index in [2.05, 4.69) is 36.2 Å². The molecule has 1 unspecified atom stereocenters. The normalized spacial score (nSPS) is 13.5. The fourth-order valence-electron chi connectivity index (χ4n) is 3.02. The Morgan fingerprint density at radius 2 is 1.59 bits per heavy atom. The maximum absolute atomic E-state index is 13.2. The van der Waals surface area contributed by atoms with Crippen LogP contribution in [-0.2, 0) is 12.7 Å². The number of hydrogen-bond acceptors (Lipinski definition) is 4. The van der Waals surface area contributed by atoms with Crippen molar-refractivity contribution in [3.63, 3.8) is 0 Å². The Hall–Kier alpha value is -2.74. The molecule has 1 atom stereocenters. The first-order valence-electron chi connectivity index (χ1n) is 9.03. The Labute approximate surface area is 165 Å². The fourth-order valence-corrected chi connectivity index (χ4v) is 3.02. The van der Waals surface area contributed by atoms with E-state index < -0.39 is 11.7 Å². The minimum atomic E-state index is -4.40. The Bertz CT molecular complexity index is 942. The molecule has 3 rings (SSSR count). The molecule has 1 aromatic heterocycles. The van der Waals surface area contributed by atoms with Crippen LogP contribution in [-0.4, -0.2) is 10.1 Å². The zero-order chi connectivity index (χ0) is 21.2. The lowest BCUT2D eigenvalue weighted by Gasteiger charge is -2.31. The van der Waals surface area contributed by atoms with E-state index in [-0.39, 0.29) is 29.6 Å². The van der Waals surface area contributed by atoms with Gasteiger partial charge >= 0.3 is 6.18 Å². The molecule has 8 heteroatoms. The number of alkyl halides is 3. The molecule has 0 spiro atoms. The smallest absolute Gasteiger partial charge is 0.338 e. The Balaban J connectivity index is 1.72. The summed E-state index contributed by atoms with van der Waals surface area (Å²) in [6, 6.07) is 10.7. The second-order valence-electron chi connectivity index (χ2n) is 7.82. The van der Waals surface area contributed by atoms with Crippen LogP contribution in [0.4, 0.5) is 17.6 Å². The van der Waals surface area contributed by atoms with Gasteiger partial charge in [0.2, 0.25) is 11.7 Å². The summed E-state index contributed by atoms with van der Waals surface area (Å²) in [6.45, 7) is 6.41. The van der Waals surface area contributed by atoms with Crippen LogP contribution in [0.1, 0.15) is 43.8 Å². The first-order chi connectivity index (χ1) is 13.5. The second-order valence-corrected chi connectivity index (χ2v) is 7.82. The molecule has 2 aromatic carbocycles. The van der Waals surface area contributed by atoms with Gasteiger partial charge in [-0.2, -0.15) is 18.2 Å².